The van der Waals surface area contributed by atoms with Gasteiger partial charge in [-0.1, -0.05) is 36.0 Å². The van der Waals surface area contributed by atoms with E-state index in [0.29, 0.717) is 27.7 Å². The third-order valence-electron chi connectivity index (χ3n) is 4.45. The predicted octanol–water partition coefficient (Wildman–Crippen LogP) is 4.68. The van der Waals surface area contributed by atoms with E-state index < -0.39 is 0 Å². The summed E-state index contributed by atoms with van der Waals surface area (Å²) in [4.78, 5) is 17.8. The lowest BCUT2D eigenvalue weighted by Crippen LogP contribution is -2.23. The maximum Gasteiger partial charge on any atom is 0.272 e. The summed E-state index contributed by atoms with van der Waals surface area (Å²) in [5.74, 6) is 1.40. The number of thiophene rings is 1. The Balaban J connectivity index is 1.68. The minimum atomic E-state index is -0.0332. The van der Waals surface area contributed by atoms with Crippen LogP contribution >= 0.6 is 23.1 Å². The van der Waals surface area contributed by atoms with E-state index in [-0.39, 0.29) is 5.56 Å². The SMILES string of the molecule is COc1ccc(Cn2c(SCc3cccc(C#N)c3)nc3ccsc3c2=O)cc1. The topological polar surface area (TPSA) is 67.9 Å². The molecule has 0 saturated carbocycles. The van der Waals surface area contributed by atoms with E-state index in [9.17, 15) is 4.79 Å². The van der Waals surface area contributed by atoms with Gasteiger partial charge in [0.2, 0.25) is 0 Å². The molecule has 0 radical (unpaired) electrons. The zero-order valence-corrected chi connectivity index (χ0v) is 17.3. The van der Waals surface area contributed by atoms with Crippen LogP contribution in [0.5, 0.6) is 5.75 Å². The highest BCUT2D eigenvalue weighted by atomic mass is 32.2. The lowest BCUT2D eigenvalue weighted by Gasteiger charge is -2.12. The van der Waals surface area contributed by atoms with Crippen LogP contribution in [0.4, 0.5) is 0 Å². The summed E-state index contributed by atoms with van der Waals surface area (Å²) in [5, 5.41) is 11.7. The molecule has 0 aliphatic rings. The maximum absolute atomic E-state index is 13.1. The number of nitriles is 1. The summed E-state index contributed by atoms with van der Waals surface area (Å²) in [6.07, 6.45) is 0. The van der Waals surface area contributed by atoms with E-state index in [1.165, 1.54) is 23.1 Å². The molecule has 0 unspecified atom stereocenters. The van der Waals surface area contributed by atoms with E-state index in [4.69, 9.17) is 15.0 Å². The highest BCUT2D eigenvalue weighted by Gasteiger charge is 2.13. The van der Waals surface area contributed by atoms with Gasteiger partial charge in [0.25, 0.3) is 5.56 Å². The molecule has 0 saturated heterocycles. The lowest BCUT2D eigenvalue weighted by atomic mass is 10.2. The van der Waals surface area contributed by atoms with Gasteiger partial charge in [-0.2, -0.15) is 5.26 Å². The van der Waals surface area contributed by atoms with Crippen LogP contribution in [0.25, 0.3) is 10.2 Å². The number of benzene rings is 2. The first-order valence-corrected chi connectivity index (χ1v) is 10.8. The Labute approximate surface area is 176 Å². The number of methoxy groups -OCH3 is 1. The van der Waals surface area contributed by atoms with Gasteiger partial charge in [0.15, 0.2) is 5.16 Å². The summed E-state index contributed by atoms with van der Waals surface area (Å²) in [6, 6.07) is 19.2. The van der Waals surface area contributed by atoms with Crippen LogP contribution in [0.2, 0.25) is 0 Å². The molecule has 0 aliphatic heterocycles. The van der Waals surface area contributed by atoms with E-state index >= 15 is 0 Å². The molecule has 29 heavy (non-hydrogen) atoms. The Kier molecular flexibility index (Phi) is 5.65. The third kappa shape index (κ3) is 4.19. The molecule has 0 atom stereocenters. The third-order valence-corrected chi connectivity index (χ3v) is 6.39. The second-order valence-corrected chi connectivity index (χ2v) is 8.23. The predicted molar refractivity (Wildman–Crippen MR) is 117 cm³/mol. The maximum atomic E-state index is 13.1. The van der Waals surface area contributed by atoms with Crippen LogP contribution in [0.1, 0.15) is 16.7 Å². The van der Waals surface area contributed by atoms with Gasteiger partial charge in [0, 0.05) is 5.75 Å². The molecule has 2 aromatic carbocycles. The second kappa shape index (κ2) is 8.52. The molecular weight excluding hydrogens is 402 g/mol. The minimum absolute atomic E-state index is 0.0332. The van der Waals surface area contributed by atoms with E-state index in [1.807, 2.05) is 53.9 Å². The molecule has 4 rings (SSSR count). The standard InChI is InChI=1S/C22H17N3O2S2/c1-27-18-7-5-15(6-8-18)13-25-21(26)20-19(9-10-28-20)24-22(25)29-14-17-4-2-3-16(11-17)12-23/h2-11H,13-14H2,1H3. The zero-order chi connectivity index (χ0) is 20.2. The van der Waals surface area contributed by atoms with Crippen molar-refractivity contribution in [3.05, 3.63) is 87.0 Å². The molecule has 0 aliphatic carbocycles. The number of fused-ring (bicyclic) bond motifs is 1. The molecule has 0 bridgehead atoms. The fourth-order valence-electron chi connectivity index (χ4n) is 2.97. The van der Waals surface area contributed by atoms with Crippen molar-refractivity contribution in [1.29, 1.82) is 5.26 Å². The van der Waals surface area contributed by atoms with Crippen molar-refractivity contribution in [1.82, 2.24) is 9.55 Å². The van der Waals surface area contributed by atoms with Gasteiger partial charge < -0.3 is 4.74 Å². The van der Waals surface area contributed by atoms with Gasteiger partial charge in [-0.05, 0) is 46.8 Å². The molecular formula is C22H17N3O2S2. The average molecular weight is 420 g/mol. The van der Waals surface area contributed by atoms with E-state index in [2.05, 4.69) is 6.07 Å². The quantitative estimate of drug-likeness (QED) is 0.335. The number of hydrogen-bond acceptors (Lipinski definition) is 6. The van der Waals surface area contributed by atoms with Crippen LogP contribution in [0, 0.1) is 11.3 Å². The Morgan fingerprint density at radius 2 is 2.00 bits per heavy atom. The average Bonchev–Trinajstić information content (AvgIpc) is 3.24. The summed E-state index contributed by atoms with van der Waals surface area (Å²) in [7, 11) is 1.63. The number of thioether (sulfide) groups is 1. The van der Waals surface area contributed by atoms with Gasteiger partial charge in [-0.3, -0.25) is 9.36 Å². The van der Waals surface area contributed by atoms with Crippen LogP contribution in [-0.2, 0) is 12.3 Å². The van der Waals surface area contributed by atoms with Gasteiger partial charge in [-0.25, -0.2) is 4.98 Å². The first-order chi connectivity index (χ1) is 14.2. The molecule has 144 valence electrons. The highest BCUT2D eigenvalue weighted by molar-refractivity contribution is 7.98. The van der Waals surface area contributed by atoms with Crippen molar-refractivity contribution in [2.24, 2.45) is 0 Å². The summed E-state index contributed by atoms with van der Waals surface area (Å²) >= 11 is 2.91. The summed E-state index contributed by atoms with van der Waals surface area (Å²) < 4.78 is 7.60. The van der Waals surface area contributed by atoms with Crippen LogP contribution < -0.4 is 10.3 Å². The molecule has 0 N–H and O–H groups in total. The molecule has 2 aromatic heterocycles. The normalized spacial score (nSPS) is 10.8. The van der Waals surface area contributed by atoms with Gasteiger partial charge in [0.1, 0.15) is 10.4 Å². The van der Waals surface area contributed by atoms with E-state index in [1.54, 1.807) is 17.7 Å². The minimum Gasteiger partial charge on any atom is -0.497 e. The molecule has 0 spiro atoms. The largest absolute Gasteiger partial charge is 0.497 e. The molecule has 2 heterocycles. The molecule has 7 heteroatoms. The lowest BCUT2D eigenvalue weighted by molar-refractivity contribution is 0.414. The molecule has 0 amide bonds. The van der Waals surface area contributed by atoms with Gasteiger partial charge in [-0.15, -0.1) is 11.3 Å². The van der Waals surface area contributed by atoms with Crippen molar-refractivity contribution >= 4 is 33.3 Å². The number of ether oxygens (including phenoxy) is 1. The van der Waals surface area contributed by atoms with Crippen molar-refractivity contribution in [3.8, 4) is 11.8 Å². The van der Waals surface area contributed by atoms with Crippen molar-refractivity contribution in [2.45, 2.75) is 17.5 Å². The van der Waals surface area contributed by atoms with E-state index in [0.717, 1.165) is 22.4 Å². The smallest absolute Gasteiger partial charge is 0.272 e. The zero-order valence-electron chi connectivity index (χ0n) is 15.7. The fourth-order valence-corrected chi connectivity index (χ4v) is 4.69. The molecule has 5 nitrogen and oxygen atoms in total. The van der Waals surface area contributed by atoms with Gasteiger partial charge in [0.05, 0.1) is 30.8 Å². The first kappa shape index (κ1) is 19.2. The Bertz CT molecular complexity index is 1250. The van der Waals surface area contributed by atoms with Crippen molar-refractivity contribution < 1.29 is 4.74 Å². The monoisotopic (exact) mass is 419 g/mol. The van der Waals surface area contributed by atoms with Crippen LogP contribution in [0.15, 0.2) is 69.9 Å². The van der Waals surface area contributed by atoms with Crippen LogP contribution in [-0.4, -0.2) is 16.7 Å². The molecule has 4 aromatic rings. The first-order valence-electron chi connectivity index (χ1n) is 8.91. The van der Waals surface area contributed by atoms with Gasteiger partial charge >= 0.3 is 0 Å². The Morgan fingerprint density at radius 3 is 2.76 bits per heavy atom. The van der Waals surface area contributed by atoms with Crippen molar-refractivity contribution in [3.63, 3.8) is 0 Å². The number of rotatable bonds is 6. The number of nitrogens with zero attached hydrogens (tertiary/aromatic N) is 3. The number of aromatic nitrogens is 2. The summed E-state index contributed by atoms with van der Waals surface area (Å²) in [6.45, 7) is 0.435. The summed E-state index contributed by atoms with van der Waals surface area (Å²) in [5.41, 5.74) is 3.33. The molecule has 0 fully saturated rings. The van der Waals surface area contributed by atoms with Crippen molar-refractivity contribution in [2.75, 3.05) is 7.11 Å². The highest BCUT2D eigenvalue weighted by Crippen LogP contribution is 2.25. The Hall–Kier alpha value is -3.08. The second-order valence-electron chi connectivity index (χ2n) is 6.37. The number of hydrogen-bond donors (Lipinski definition) is 0. The Morgan fingerprint density at radius 1 is 1.17 bits per heavy atom. The fraction of sp³-hybridized carbons (Fsp3) is 0.136. The van der Waals surface area contributed by atoms with Crippen LogP contribution in [0.3, 0.4) is 0 Å².